The van der Waals surface area contributed by atoms with Crippen LogP contribution in [0.4, 0.5) is 0 Å². The number of carboxylic acids is 1. The van der Waals surface area contributed by atoms with Gasteiger partial charge < -0.3 is 9.84 Å². The van der Waals surface area contributed by atoms with Gasteiger partial charge >= 0.3 is 5.97 Å². The van der Waals surface area contributed by atoms with E-state index in [0.29, 0.717) is 6.61 Å². The highest BCUT2D eigenvalue weighted by atomic mass is 16.5. The fourth-order valence-corrected chi connectivity index (χ4v) is 3.88. The van der Waals surface area contributed by atoms with Crippen molar-refractivity contribution in [2.24, 2.45) is 0 Å². The monoisotopic (exact) mass is 437 g/mol. The van der Waals surface area contributed by atoms with Crippen molar-refractivity contribution in [2.45, 2.75) is 6.54 Å². The Hall–Kier alpha value is -3.89. The van der Waals surface area contributed by atoms with Gasteiger partial charge in [-0.3, -0.25) is 4.90 Å². The summed E-state index contributed by atoms with van der Waals surface area (Å²) in [5.74, 6) is -0.0708. The molecule has 0 bridgehead atoms. The van der Waals surface area contributed by atoms with Gasteiger partial charge in [-0.1, -0.05) is 84.9 Å². The Bertz CT molecular complexity index is 1240. The van der Waals surface area contributed by atoms with Crippen LogP contribution in [0, 0.1) is 0 Å². The van der Waals surface area contributed by atoms with Crippen molar-refractivity contribution in [3.05, 3.63) is 119 Å². The van der Waals surface area contributed by atoms with E-state index < -0.39 is 5.97 Å². The molecule has 0 amide bonds. The van der Waals surface area contributed by atoms with Crippen LogP contribution in [0.2, 0.25) is 0 Å². The van der Waals surface area contributed by atoms with E-state index in [1.165, 1.54) is 5.56 Å². The molecule has 0 aliphatic rings. The third kappa shape index (κ3) is 6.09. The number of rotatable bonds is 9. The standard InChI is InChI=1S/C29H27NO3/c1-30(19-23-8-3-2-4-9-23)20-24(18-22-14-16-26(17-15-22)29(31)32)21-33-28-13-7-11-25-10-5-6-12-27(25)28/h2-18H,19-21H2,1H3,(H,31,32)/b24-18+. The predicted molar refractivity (Wildman–Crippen MR) is 134 cm³/mol. The first-order valence-corrected chi connectivity index (χ1v) is 10.9. The number of carboxylic acid groups (broad SMARTS) is 1. The third-order valence-corrected chi connectivity index (χ3v) is 5.46. The smallest absolute Gasteiger partial charge is 0.335 e. The number of hydrogen-bond donors (Lipinski definition) is 1. The highest BCUT2D eigenvalue weighted by molar-refractivity contribution is 5.88. The van der Waals surface area contributed by atoms with Crippen LogP contribution in [0.15, 0.2) is 103 Å². The highest BCUT2D eigenvalue weighted by Crippen LogP contribution is 2.26. The zero-order valence-electron chi connectivity index (χ0n) is 18.6. The molecule has 0 aromatic heterocycles. The van der Waals surface area contributed by atoms with Gasteiger partial charge in [0.25, 0.3) is 0 Å². The number of fused-ring (bicyclic) bond motifs is 1. The van der Waals surface area contributed by atoms with Crippen molar-refractivity contribution in [3.63, 3.8) is 0 Å². The van der Waals surface area contributed by atoms with E-state index >= 15 is 0 Å². The van der Waals surface area contributed by atoms with Crippen molar-refractivity contribution < 1.29 is 14.6 Å². The quantitative estimate of drug-likeness (QED) is 0.342. The zero-order valence-corrected chi connectivity index (χ0v) is 18.6. The summed E-state index contributed by atoms with van der Waals surface area (Å²) in [4.78, 5) is 13.4. The van der Waals surface area contributed by atoms with E-state index in [9.17, 15) is 9.90 Å². The van der Waals surface area contributed by atoms with Crippen molar-refractivity contribution in [1.29, 1.82) is 0 Å². The molecule has 0 atom stereocenters. The van der Waals surface area contributed by atoms with Crippen molar-refractivity contribution >= 4 is 22.8 Å². The van der Waals surface area contributed by atoms with Gasteiger partial charge in [-0.05, 0) is 47.3 Å². The lowest BCUT2D eigenvalue weighted by atomic mass is 10.1. The number of benzene rings is 4. The molecule has 1 N–H and O–H groups in total. The summed E-state index contributed by atoms with van der Waals surface area (Å²) < 4.78 is 6.28. The lowest BCUT2D eigenvalue weighted by Crippen LogP contribution is -2.23. The lowest BCUT2D eigenvalue weighted by molar-refractivity contribution is 0.0697. The minimum Gasteiger partial charge on any atom is -0.489 e. The molecule has 0 aliphatic carbocycles. The molecule has 0 spiro atoms. The minimum absolute atomic E-state index is 0.280. The highest BCUT2D eigenvalue weighted by Gasteiger charge is 2.09. The lowest BCUT2D eigenvalue weighted by Gasteiger charge is -2.20. The third-order valence-electron chi connectivity index (χ3n) is 5.46. The molecule has 4 aromatic carbocycles. The summed E-state index contributed by atoms with van der Waals surface area (Å²) in [7, 11) is 2.09. The van der Waals surface area contributed by atoms with E-state index in [-0.39, 0.29) is 5.56 Å². The largest absolute Gasteiger partial charge is 0.489 e. The molecular weight excluding hydrogens is 410 g/mol. The molecule has 4 rings (SSSR count). The Morgan fingerprint density at radius 1 is 0.879 bits per heavy atom. The van der Waals surface area contributed by atoms with Crippen LogP contribution in [0.3, 0.4) is 0 Å². The number of aromatic carboxylic acids is 1. The molecule has 0 saturated carbocycles. The van der Waals surface area contributed by atoms with Crippen molar-refractivity contribution in [2.75, 3.05) is 20.2 Å². The molecular formula is C29H27NO3. The average Bonchev–Trinajstić information content (AvgIpc) is 2.83. The van der Waals surface area contributed by atoms with Gasteiger partial charge in [0.2, 0.25) is 0 Å². The number of hydrogen-bond acceptors (Lipinski definition) is 3. The summed E-state index contributed by atoms with van der Waals surface area (Å²) in [6.45, 7) is 1.98. The van der Waals surface area contributed by atoms with Crippen molar-refractivity contribution in [3.8, 4) is 5.75 Å². The Labute approximate surface area is 194 Å². The van der Waals surface area contributed by atoms with E-state index in [0.717, 1.165) is 40.7 Å². The molecule has 0 saturated heterocycles. The number of ether oxygens (including phenoxy) is 1. The second-order valence-electron chi connectivity index (χ2n) is 8.15. The maximum atomic E-state index is 11.2. The topological polar surface area (TPSA) is 49.8 Å². The first-order valence-electron chi connectivity index (χ1n) is 10.9. The Morgan fingerprint density at radius 2 is 1.58 bits per heavy atom. The van der Waals surface area contributed by atoms with Gasteiger partial charge in [0.15, 0.2) is 0 Å². The second kappa shape index (κ2) is 10.6. The Morgan fingerprint density at radius 3 is 2.33 bits per heavy atom. The maximum absolute atomic E-state index is 11.2. The number of carbonyl (C=O) groups is 1. The molecule has 4 heteroatoms. The van der Waals surface area contributed by atoms with Gasteiger partial charge in [-0.2, -0.15) is 0 Å². The van der Waals surface area contributed by atoms with Crippen LogP contribution < -0.4 is 4.74 Å². The first kappa shape index (κ1) is 22.3. The number of nitrogens with zero attached hydrogens (tertiary/aromatic N) is 1. The predicted octanol–water partition coefficient (Wildman–Crippen LogP) is 6.13. The summed E-state index contributed by atoms with van der Waals surface area (Å²) in [6.07, 6.45) is 2.08. The van der Waals surface area contributed by atoms with Crippen LogP contribution in [0.5, 0.6) is 5.75 Å². The molecule has 0 unspecified atom stereocenters. The van der Waals surface area contributed by atoms with Gasteiger partial charge in [0.1, 0.15) is 12.4 Å². The van der Waals surface area contributed by atoms with Gasteiger partial charge in [-0.15, -0.1) is 0 Å². The summed E-state index contributed by atoms with van der Waals surface area (Å²) in [5, 5.41) is 11.4. The fraction of sp³-hybridized carbons (Fsp3) is 0.138. The Kier molecular flexibility index (Phi) is 7.18. The summed E-state index contributed by atoms with van der Waals surface area (Å²) in [5.41, 5.74) is 3.58. The maximum Gasteiger partial charge on any atom is 0.335 e. The SMILES string of the molecule is CN(C/C(=C\c1ccc(C(=O)O)cc1)COc1cccc2ccccc12)Cc1ccccc1. The van der Waals surface area contributed by atoms with Gasteiger partial charge in [-0.25, -0.2) is 4.79 Å². The molecule has 0 radical (unpaired) electrons. The molecule has 166 valence electrons. The van der Waals surface area contributed by atoms with Crippen LogP contribution >= 0.6 is 0 Å². The Balaban J connectivity index is 1.55. The van der Waals surface area contributed by atoms with Crippen LogP contribution in [0.1, 0.15) is 21.5 Å². The van der Waals surface area contributed by atoms with Crippen LogP contribution in [-0.4, -0.2) is 36.2 Å². The van der Waals surface area contributed by atoms with E-state index in [1.807, 2.05) is 54.6 Å². The van der Waals surface area contributed by atoms with E-state index in [1.54, 1.807) is 12.1 Å². The van der Waals surface area contributed by atoms with E-state index in [4.69, 9.17) is 4.74 Å². The molecule has 4 nitrogen and oxygen atoms in total. The molecule has 33 heavy (non-hydrogen) atoms. The van der Waals surface area contributed by atoms with E-state index in [2.05, 4.69) is 48.4 Å². The second-order valence-corrected chi connectivity index (χ2v) is 8.15. The molecule has 0 aliphatic heterocycles. The van der Waals surface area contributed by atoms with Gasteiger partial charge in [0, 0.05) is 18.5 Å². The molecule has 0 fully saturated rings. The molecule has 0 heterocycles. The number of likely N-dealkylation sites (N-methyl/N-ethyl adjacent to an activating group) is 1. The van der Waals surface area contributed by atoms with Crippen molar-refractivity contribution in [1.82, 2.24) is 4.90 Å². The molecule has 4 aromatic rings. The first-order chi connectivity index (χ1) is 16.1. The minimum atomic E-state index is -0.923. The van der Waals surface area contributed by atoms with Crippen LogP contribution in [-0.2, 0) is 6.54 Å². The van der Waals surface area contributed by atoms with Crippen LogP contribution in [0.25, 0.3) is 16.8 Å². The fourth-order valence-electron chi connectivity index (χ4n) is 3.88. The normalized spacial score (nSPS) is 11.6. The summed E-state index contributed by atoms with van der Waals surface area (Å²) >= 11 is 0. The summed E-state index contributed by atoms with van der Waals surface area (Å²) in [6, 6.07) is 31.6. The van der Waals surface area contributed by atoms with Gasteiger partial charge in [0.05, 0.1) is 5.56 Å². The zero-order chi connectivity index (χ0) is 23.0. The average molecular weight is 438 g/mol.